The van der Waals surface area contributed by atoms with Gasteiger partial charge in [0.1, 0.15) is 0 Å². The number of rotatable bonds is 3. The highest BCUT2D eigenvalue weighted by atomic mass is 79.9. The molecule has 0 saturated carbocycles. The van der Waals surface area contributed by atoms with Crippen molar-refractivity contribution in [1.29, 1.82) is 0 Å². The molecule has 1 aromatic rings. The smallest absolute Gasteiger partial charge is 0.156 e. The fourth-order valence-corrected chi connectivity index (χ4v) is 2.38. The lowest BCUT2D eigenvalue weighted by Crippen LogP contribution is -2.45. The minimum atomic E-state index is -0.299. The van der Waals surface area contributed by atoms with Gasteiger partial charge in [-0.3, -0.25) is 4.79 Å². The summed E-state index contributed by atoms with van der Waals surface area (Å²) in [5, 5.41) is 3.31. The number of Topliss-reactive ketones (excluding diaryl/α,β-unsaturated/α-hetero) is 1. The molecular weight excluding hydrogens is 266 g/mol. The maximum absolute atomic E-state index is 12.1. The largest absolute Gasteiger partial charge is 0.305 e. The average molecular weight is 282 g/mol. The fourth-order valence-electron chi connectivity index (χ4n) is 2.12. The third kappa shape index (κ3) is 2.53. The predicted molar refractivity (Wildman–Crippen MR) is 68.5 cm³/mol. The van der Waals surface area contributed by atoms with E-state index in [9.17, 15) is 4.79 Å². The van der Waals surface area contributed by atoms with E-state index in [4.69, 9.17) is 0 Å². The molecular formula is C13H16BrNO. The highest BCUT2D eigenvalue weighted by Crippen LogP contribution is 2.22. The van der Waals surface area contributed by atoms with Crippen molar-refractivity contribution in [2.45, 2.75) is 31.7 Å². The highest BCUT2D eigenvalue weighted by molar-refractivity contribution is 9.10. The molecule has 2 rings (SSSR count). The number of nitrogens with one attached hydrogen (secondary N) is 1. The topological polar surface area (TPSA) is 29.1 Å². The molecule has 0 amide bonds. The van der Waals surface area contributed by atoms with Crippen molar-refractivity contribution in [3.63, 3.8) is 0 Å². The molecule has 1 aliphatic rings. The first-order valence-electron chi connectivity index (χ1n) is 5.63. The summed E-state index contributed by atoms with van der Waals surface area (Å²) < 4.78 is 1.05. The number of carbonyl (C=O) groups is 1. The van der Waals surface area contributed by atoms with Gasteiger partial charge < -0.3 is 5.32 Å². The third-order valence-electron chi connectivity index (χ3n) is 3.26. The van der Waals surface area contributed by atoms with Gasteiger partial charge in [-0.05, 0) is 44.0 Å². The first-order valence-corrected chi connectivity index (χ1v) is 6.42. The van der Waals surface area contributed by atoms with Gasteiger partial charge in [-0.25, -0.2) is 0 Å². The van der Waals surface area contributed by atoms with Crippen molar-refractivity contribution in [2.75, 3.05) is 6.54 Å². The van der Waals surface area contributed by atoms with Crippen LogP contribution < -0.4 is 5.32 Å². The maximum atomic E-state index is 12.1. The molecule has 2 nitrogen and oxygen atoms in total. The summed E-state index contributed by atoms with van der Waals surface area (Å²) in [7, 11) is 0. The molecule has 0 spiro atoms. The Kier molecular flexibility index (Phi) is 3.45. The van der Waals surface area contributed by atoms with E-state index in [2.05, 4.69) is 21.2 Å². The van der Waals surface area contributed by atoms with Crippen LogP contribution in [0.1, 0.15) is 25.3 Å². The number of carbonyl (C=O) groups excluding carboxylic acids is 1. The van der Waals surface area contributed by atoms with E-state index in [1.165, 1.54) is 0 Å². The van der Waals surface area contributed by atoms with Gasteiger partial charge in [-0.1, -0.05) is 28.1 Å². The summed E-state index contributed by atoms with van der Waals surface area (Å²) in [5.41, 5.74) is 0.788. The molecule has 0 radical (unpaired) electrons. The lowest BCUT2D eigenvalue weighted by molar-refractivity contribution is -0.123. The van der Waals surface area contributed by atoms with E-state index in [1.54, 1.807) is 0 Å². The number of hydrogen-bond donors (Lipinski definition) is 1. The van der Waals surface area contributed by atoms with E-state index in [-0.39, 0.29) is 5.54 Å². The van der Waals surface area contributed by atoms with Crippen molar-refractivity contribution >= 4 is 21.7 Å². The van der Waals surface area contributed by atoms with E-state index >= 15 is 0 Å². The Balaban J connectivity index is 2.04. The Bertz CT molecular complexity index is 379. The van der Waals surface area contributed by atoms with Crippen LogP contribution in [-0.4, -0.2) is 17.9 Å². The Morgan fingerprint density at radius 1 is 1.44 bits per heavy atom. The number of ketones is 1. The van der Waals surface area contributed by atoms with Gasteiger partial charge in [0.15, 0.2) is 5.78 Å². The lowest BCUT2D eigenvalue weighted by atomic mass is 9.90. The second-order valence-corrected chi connectivity index (χ2v) is 5.50. The fraction of sp³-hybridized carbons (Fsp3) is 0.462. The Labute approximate surface area is 105 Å². The first kappa shape index (κ1) is 11.8. The maximum Gasteiger partial charge on any atom is 0.156 e. The average Bonchev–Trinajstić information content (AvgIpc) is 2.70. The van der Waals surface area contributed by atoms with Crippen LogP contribution in [-0.2, 0) is 11.2 Å². The Hall–Kier alpha value is -0.670. The minimum Gasteiger partial charge on any atom is -0.305 e. The first-order chi connectivity index (χ1) is 7.60. The molecule has 1 aliphatic heterocycles. The van der Waals surface area contributed by atoms with Crippen LogP contribution in [0, 0.1) is 0 Å². The van der Waals surface area contributed by atoms with E-state index in [0.29, 0.717) is 12.2 Å². The molecule has 3 heteroatoms. The van der Waals surface area contributed by atoms with Gasteiger partial charge in [0.25, 0.3) is 0 Å². The quantitative estimate of drug-likeness (QED) is 0.923. The highest BCUT2D eigenvalue weighted by Gasteiger charge is 2.35. The molecule has 1 heterocycles. The van der Waals surface area contributed by atoms with E-state index < -0.39 is 0 Å². The lowest BCUT2D eigenvalue weighted by Gasteiger charge is -2.22. The molecule has 1 unspecified atom stereocenters. The van der Waals surface area contributed by atoms with Gasteiger partial charge in [-0.2, -0.15) is 0 Å². The van der Waals surface area contributed by atoms with Crippen LogP contribution in [0.2, 0.25) is 0 Å². The predicted octanol–water partition coefficient (Wildman–Crippen LogP) is 2.70. The zero-order chi connectivity index (χ0) is 11.6. The van der Waals surface area contributed by atoms with Gasteiger partial charge in [0.05, 0.1) is 5.54 Å². The molecule has 0 aromatic heterocycles. The summed E-state index contributed by atoms with van der Waals surface area (Å²) in [6.07, 6.45) is 2.59. The monoisotopic (exact) mass is 281 g/mol. The molecule has 16 heavy (non-hydrogen) atoms. The summed E-state index contributed by atoms with van der Waals surface area (Å²) in [6, 6.07) is 7.96. The van der Waals surface area contributed by atoms with E-state index in [1.807, 2.05) is 31.2 Å². The van der Waals surface area contributed by atoms with Crippen LogP contribution in [0.5, 0.6) is 0 Å². The standard InChI is InChI=1S/C13H16BrNO/c1-13(7-2-8-15-13)12(16)9-10-3-5-11(14)6-4-10/h3-6,15H,2,7-9H2,1H3. The van der Waals surface area contributed by atoms with Crippen molar-refractivity contribution in [2.24, 2.45) is 0 Å². The summed E-state index contributed by atoms with van der Waals surface area (Å²) in [5.74, 6) is 0.298. The molecule has 1 aromatic carbocycles. The van der Waals surface area contributed by atoms with Crippen molar-refractivity contribution in [1.82, 2.24) is 5.32 Å². The van der Waals surface area contributed by atoms with E-state index in [0.717, 1.165) is 29.4 Å². The van der Waals surface area contributed by atoms with Crippen LogP contribution in [0.25, 0.3) is 0 Å². The van der Waals surface area contributed by atoms with Crippen LogP contribution in [0.4, 0.5) is 0 Å². The Morgan fingerprint density at radius 3 is 2.69 bits per heavy atom. The minimum absolute atomic E-state index is 0.298. The summed E-state index contributed by atoms with van der Waals surface area (Å²) in [6.45, 7) is 2.98. The SMILES string of the molecule is CC1(C(=O)Cc2ccc(Br)cc2)CCCN1. The number of halogens is 1. The zero-order valence-electron chi connectivity index (χ0n) is 9.42. The van der Waals surface area contributed by atoms with Crippen LogP contribution >= 0.6 is 15.9 Å². The Morgan fingerprint density at radius 2 is 2.12 bits per heavy atom. The molecule has 0 aliphatic carbocycles. The summed E-state index contributed by atoms with van der Waals surface area (Å²) >= 11 is 3.39. The van der Waals surface area contributed by atoms with Crippen LogP contribution in [0.3, 0.4) is 0 Å². The molecule has 0 bridgehead atoms. The number of hydrogen-bond acceptors (Lipinski definition) is 2. The third-order valence-corrected chi connectivity index (χ3v) is 3.79. The molecule has 1 fully saturated rings. The van der Waals surface area contributed by atoms with Crippen molar-refractivity contribution in [3.05, 3.63) is 34.3 Å². The van der Waals surface area contributed by atoms with Crippen LogP contribution in [0.15, 0.2) is 28.7 Å². The molecule has 1 atom stereocenters. The molecule has 1 saturated heterocycles. The van der Waals surface area contributed by atoms with Gasteiger partial charge in [0.2, 0.25) is 0 Å². The van der Waals surface area contributed by atoms with Gasteiger partial charge in [0, 0.05) is 10.9 Å². The number of benzene rings is 1. The van der Waals surface area contributed by atoms with Gasteiger partial charge >= 0.3 is 0 Å². The molecule has 86 valence electrons. The summed E-state index contributed by atoms with van der Waals surface area (Å²) in [4.78, 5) is 12.1. The zero-order valence-corrected chi connectivity index (χ0v) is 11.0. The van der Waals surface area contributed by atoms with Gasteiger partial charge in [-0.15, -0.1) is 0 Å². The van der Waals surface area contributed by atoms with Crippen molar-refractivity contribution in [3.8, 4) is 0 Å². The van der Waals surface area contributed by atoms with Crippen molar-refractivity contribution < 1.29 is 4.79 Å². The second-order valence-electron chi connectivity index (χ2n) is 4.59. The normalized spacial score (nSPS) is 24.6. The second kappa shape index (κ2) is 4.68. The molecule has 1 N–H and O–H groups in total.